The van der Waals surface area contributed by atoms with E-state index in [1.165, 1.54) is 0 Å². The van der Waals surface area contributed by atoms with E-state index in [2.05, 4.69) is 21.2 Å². The zero-order chi connectivity index (χ0) is 43.8. The first-order valence-electron chi connectivity index (χ1n) is 17.2. The van der Waals surface area contributed by atoms with Crippen LogP contribution in [0.2, 0.25) is 0 Å². The van der Waals surface area contributed by atoms with Gasteiger partial charge in [0.2, 0.25) is 0 Å². The molecule has 0 amide bonds. The molecule has 2 aromatic carbocycles. The number of aromatic nitrogens is 4. The van der Waals surface area contributed by atoms with Crippen LogP contribution in [-0.2, 0) is 47.8 Å². The highest BCUT2D eigenvalue weighted by atomic mass is 79.9. The minimum absolute atomic E-state index is 0.00882. The molecule has 0 radical (unpaired) electrons. The molecule has 2 saturated heterocycles. The summed E-state index contributed by atoms with van der Waals surface area (Å²) in [5.74, 6) is -2.14. The van der Waals surface area contributed by atoms with E-state index in [0.29, 0.717) is 36.4 Å². The average molecular weight is 906 g/mol. The Hall–Kier alpha value is -5.46. The molecule has 0 aliphatic carbocycles. The summed E-state index contributed by atoms with van der Waals surface area (Å²) in [4.78, 5) is 50.8. The van der Waals surface area contributed by atoms with Gasteiger partial charge in [0.1, 0.15) is 23.0 Å². The van der Waals surface area contributed by atoms with Gasteiger partial charge in [-0.3, -0.25) is 23.6 Å². The summed E-state index contributed by atoms with van der Waals surface area (Å²) < 4.78 is 118. The topological polar surface area (TPSA) is 169 Å². The third kappa shape index (κ3) is 11.0. The number of rotatable bonds is 5. The fourth-order valence-corrected chi connectivity index (χ4v) is 6.22. The van der Waals surface area contributed by atoms with Crippen LogP contribution < -0.4 is 27.8 Å². The molecule has 316 valence electrons. The van der Waals surface area contributed by atoms with Crippen LogP contribution >= 0.6 is 15.9 Å². The van der Waals surface area contributed by atoms with Gasteiger partial charge in [-0.2, -0.15) is 36.9 Å². The van der Waals surface area contributed by atoms with Crippen LogP contribution in [0.5, 0.6) is 0 Å². The molecule has 2 aliphatic rings. The van der Waals surface area contributed by atoms with Gasteiger partial charge in [-0.05, 0) is 35.4 Å². The Bertz CT molecular complexity index is 2500. The molecule has 0 unspecified atom stereocenters. The van der Waals surface area contributed by atoms with E-state index in [-0.39, 0.29) is 54.4 Å². The Morgan fingerprint density at radius 2 is 1.08 bits per heavy atom. The van der Waals surface area contributed by atoms with Gasteiger partial charge in [0, 0.05) is 64.3 Å². The second kappa shape index (κ2) is 19.5. The Kier molecular flexibility index (Phi) is 15.3. The molecule has 1 N–H and O–H groups in total. The Morgan fingerprint density at radius 1 is 0.678 bits per heavy atom. The number of nitriles is 2. The largest absolute Gasteiger partial charge is 0.431 e. The first-order valence-corrected chi connectivity index (χ1v) is 18.3. The van der Waals surface area contributed by atoms with Crippen LogP contribution in [-0.4, -0.2) is 75.8 Å². The second-order valence-electron chi connectivity index (χ2n) is 12.6. The smallest absolute Gasteiger partial charge is 0.379 e. The van der Waals surface area contributed by atoms with Crippen molar-refractivity contribution in [3.05, 3.63) is 123 Å². The predicted molar refractivity (Wildman–Crippen MR) is 196 cm³/mol. The molecule has 59 heavy (non-hydrogen) atoms. The summed E-state index contributed by atoms with van der Waals surface area (Å²) >= 11 is 3.08. The van der Waals surface area contributed by atoms with Crippen molar-refractivity contribution in [1.82, 2.24) is 28.5 Å². The maximum atomic E-state index is 14.6. The van der Waals surface area contributed by atoms with Gasteiger partial charge in [0.05, 0.1) is 61.1 Å². The van der Waals surface area contributed by atoms with E-state index in [1.54, 1.807) is 6.07 Å². The molecular formula is C36H33BrF8N8O6. The molecule has 2 fully saturated rings. The quantitative estimate of drug-likeness (QED) is 0.231. The number of halogens is 9. The molecular weight excluding hydrogens is 872 g/mol. The van der Waals surface area contributed by atoms with E-state index in [0.717, 1.165) is 64.7 Å². The predicted octanol–water partition coefficient (Wildman–Crippen LogP) is 3.46. The van der Waals surface area contributed by atoms with E-state index >= 15 is 0 Å². The van der Waals surface area contributed by atoms with Gasteiger partial charge in [-0.1, -0.05) is 15.9 Å². The lowest BCUT2D eigenvalue weighted by Crippen LogP contribution is -2.41. The van der Waals surface area contributed by atoms with Crippen LogP contribution in [0.1, 0.15) is 33.6 Å². The van der Waals surface area contributed by atoms with Crippen LogP contribution in [0, 0.1) is 34.3 Å². The van der Waals surface area contributed by atoms with E-state index in [4.69, 9.17) is 14.7 Å². The standard InChI is InChI=1S/C18H16F4N4O3.C14H8BrF4N3O2.C4H9NO/c1-24-15(18(20,21)22)8-16(27)26(17(24)28)14-7-12(11(9-23)6-13(14)19)10-25-2-4-29-5-3-25;1-21-11(14(17,18)19)4-12(23)22(13(21)24)10-3-7(5-15)8(6-20)2-9(10)16;1-3-6-4-2-5-1/h6-8H,2-5,10H2,1H3;2-4H,5H2,1H3;5H,1-4H2. The number of morpholine rings is 2. The summed E-state index contributed by atoms with van der Waals surface area (Å²) in [6.45, 7) is 6.16. The van der Waals surface area contributed by atoms with Gasteiger partial charge in [-0.15, -0.1) is 0 Å². The molecule has 0 atom stereocenters. The summed E-state index contributed by atoms with van der Waals surface area (Å²) in [5.41, 5.74) is -8.63. The lowest BCUT2D eigenvalue weighted by Gasteiger charge is -2.27. The molecule has 2 aliphatic heterocycles. The summed E-state index contributed by atoms with van der Waals surface area (Å²) in [6, 6.07) is 7.96. The molecule has 6 rings (SSSR count). The SMILES string of the molecule is C1COCCN1.Cn1c(C(F)(F)F)cc(=O)n(-c2cc(CBr)c(C#N)cc2F)c1=O.Cn1c(C(F)(F)F)cc(=O)n(-c2cc(CN3CCOCC3)c(C#N)cc2F)c1=O. The number of hydrogen-bond donors (Lipinski definition) is 1. The molecule has 14 nitrogen and oxygen atoms in total. The van der Waals surface area contributed by atoms with Gasteiger partial charge in [-0.25, -0.2) is 27.5 Å². The van der Waals surface area contributed by atoms with E-state index < -0.39 is 69.2 Å². The second-order valence-corrected chi connectivity index (χ2v) is 13.2. The van der Waals surface area contributed by atoms with Crippen molar-refractivity contribution < 1.29 is 44.6 Å². The Balaban J connectivity index is 0.000000231. The van der Waals surface area contributed by atoms with Crippen molar-refractivity contribution in [2.24, 2.45) is 14.1 Å². The Morgan fingerprint density at radius 3 is 1.44 bits per heavy atom. The van der Waals surface area contributed by atoms with Gasteiger partial charge in [0.25, 0.3) is 11.1 Å². The van der Waals surface area contributed by atoms with Gasteiger partial charge < -0.3 is 14.8 Å². The Labute approximate surface area is 336 Å². The highest BCUT2D eigenvalue weighted by Crippen LogP contribution is 2.29. The molecule has 23 heteroatoms. The minimum atomic E-state index is -4.92. The van der Waals surface area contributed by atoms with Gasteiger partial charge >= 0.3 is 23.7 Å². The number of hydrogen-bond acceptors (Lipinski definition) is 10. The van der Waals surface area contributed by atoms with Crippen molar-refractivity contribution in [2.75, 3.05) is 52.6 Å². The van der Waals surface area contributed by atoms with Crippen molar-refractivity contribution in [3.63, 3.8) is 0 Å². The molecule has 4 heterocycles. The first kappa shape index (κ1) is 46.2. The third-order valence-electron chi connectivity index (χ3n) is 8.78. The van der Waals surface area contributed by atoms with Crippen molar-refractivity contribution in [2.45, 2.75) is 24.2 Å². The molecule has 0 spiro atoms. The number of ether oxygens (including phenoxy) is 2. The molecule has 0 saturated carbocycles. The number of nitrogens with one attached hydrogen (secondary N) is 1. The number of benzene rings is 2. The zero-order valence-corrected chi connectivity index (χ0v) is 32.6. The fourth-order valence-electron chi connectivity index (χ4n) is 5.76. The fraction of sp³-hybridized carbons (Fsp3) is 0.389. The van der Waals surface area contributed by atoms with Gasteiger partial charge in [0.15, 0.2) is 0 Å². The summed E-state index contributed by atoms with van der Waals surface area (Å²) in [5, 5.41) is 21.5. The third-order valence-corrected chi connectivity index (χ3v) is 9.38. The first-order chi connectivity index (χ1) is 27.7. The maximum absolute atomic E-state index is 14.6. The molecule has 4 aromatic rings. The van der Waals surface area contributed by atoms with Crippen LogP contribution in [0.25, 0.3) is 11.4 Å². The lowest BCUT2D eigenvalue weighted by atomic mass is 10.1. The van der Waals surface area contributed by atoms with E-state index in [1.807, 2.05) is 11.0 Å². The van der Waals surface area contributed by atoms with Crippen LogP contribution in [0.4, 0.5) is 35.1 Å². The maximum Gasteiger partial charge on any atom is 0.431 e. The number of alkyl halides is 7. The molecule has 2 aromatic heterocycles. The number of nitrogens with zero attached hydrogens (tertiary/aromatic N) is 7. The van der Waals surface area contributed by atoms with Crippen molar-refractivity contribution in [3.8, 4) is 23.5 Å². The van der Waals surface area contributed by atoms with Crippen molar-refractivity contribution in [1.29, 1.82) is 10.5 Å². The summed E-state index contributed by atoms with van der Waals surface area (Å²) in [6.07, 6.45) is -9.83. The normalized spacial score (nSPS) is 14.6. The highest BCUT2D eigenvalue weighted by Gasteiger charge is 2.36. The summed E-state index contributed by atoms with van der Waals surface area (Å²) in [7, 11) is 1.67. The van der Waals surface area contributed by atoms with E-state index in [9.17, 15) is 59.6 Å². The average Bonchev–Trinajstić information content (AvgIpc) is 3.19. The van der Waals surface area contributed by atoms with Crippen molar-refractivity contribution >= 4 is 15.9 Å². The zero-order valence-electron chi connectivity index (χ0n) is 31.0. The highest BCUT2D eigenvalue weighted by molar-refractivity contribution is 9.08. The van der Waals surface area contributed by atoms with Crippen LogP contribution in [0.3, 0.4) is 0 Å². The lowest BCUT2D eigenvalue weighted by molar-refractivity contribution is -0.144. The minimum Gasteiger partial charge on any atom is -0.379 e. The monoisotopic (exact) mass is 904 g/mol. The molecule has 0 bridgehead atoms. The van der Waals surface area contributed by atoms with Crippen LogP contribution in [0.15, 0.2) is 55.6 Å².